The van der Waals surface area contributed by atoms with Gasteiger partial charge >= 0.3 is 10.3 Å². The second-order valence-corrected chi connectivity index (χ2v) is 8.98. The Morgan fingerprint density at radius 2 is 2.12 bits per heavy atom. The third-order valence-electron chi connectivity index (χ3n) is 5.77. The second kappa shape index (κ2) is 8.01. The number of nitrogens with two attached hydrogens (primary N) is 1. The fourth-order valence-corrected chi connectivity index (χ4v) is 4.57. The first kappa shape index (κ1) is 21.2. The van der Waals surface area contributed by atoms with Crippen molar-refractivity contribution in [1.29, 1.82) is 0 Å². The SMILES string of the molecule is NS(=O)(=O)OC[C@H]1O[C@@H](n2cnc3c(N[C@H]4CCc5ccccc54)ncnc32)[C@@H](F)[C@@H]1O. The highest BCUT2D eigenvalue weighted by Gasteiger charge is 2.46. The van der Waals surface area contributed by atoms with Crippen LogP contribution in [0.2, 0.25) is 0 Å². The van der Waals surface area contributed by atoms with E-state index < -0.39 is 41.5 Å². The molecule has 1 aliphatic carbocycles. The van der Waals surface area contributed by atoms with Gasteiger partial charge in [-0.25, -0.2) is 24.5 Å². The molecule has 2 aromatic heterocycles. The molecule has 170 valence electrons. The minimum atomic E-state index is -4.26. The average Bonchev–Trinajstić information content (AvgIpc) is 3.44. The molecule has 0 bridgehead atoms. The number of nitrogens with one attached hydrogen (secondary N) is 1. The van der Waals surface area contributed by atoms with Crippen LogP contribution in [0.15, 0.2) is 36.9 Å². The summed E-state index contributed by atoms with van der Waals surface area (Å²) in [6, 6.07) is 8.23. The van der Waals surface area contributed by atoms with Crippen molar-refractivity contribution in [1.82, 2.24) is 19.5 Å². The lowest BCUT2D eigenvalue weighted by molar-refractivity contribution is -0.0403. The maximum absolute atomic E-state index is 14.8. The van der Waals surface area contributed by atoms with Crippen LogP contribution in [-0.4, -0.2) is 58.0 Å². The van der Waals surface area contributed by atoms with E-state index in [1.54, 1.807) is 0 Å². The number of aromatic nitrogens is 4. The highest BCUT2D eigenvalue weighted by Crippen LogP contribution is 2.37. The zero-order valence-corrected chi connectivity index (χ0v) is 17.5. The maximum atomic E-state index is 14.8. The van der Waals surface area contributed by atoms with Crippen molar-refractivity contribution in [2.24, 2.45) is 5.14 Å². The van der Waals surface area contributed by atoms with Gasteiger partial charge in [-0.15, -0.1) is 0 Å². The number of alkyl halides is 1. The molecule has 32 heavy (non-hydrogen) atoms. The van der Waals surface area contributed by atoms with E-state index in [-0.39, 0.29) is 6.04 Å². The van der Waals surface area contributed by atoms with Gasteiger partial charge in [0.05, 0.1) is 19.0 Å². The van der Waals surface area contributed by atoms with Gasteiger partial charge in [0.2, 0.25) is 0 Å². The molecule has 1 aliphatic heterocycles. The number of anilines is 1. The predicted molar refractivity (Wildman–Crippen MR) is 110 cm³/mol. The topological polar surface area (TPSA) is 154 Å². The van der Waals surface area contributed by atoms with Gasteiger partial charge < -0.3 is 15.2 Å². The molecule has 0 amide bonds. The molecule has 2 aliphatic rings. The Bertz CT molecular complexity index is 1250. The number of aliphatic hydroxyl groups is 1. The van der Waals surface area contributed by atoms with Gasteiger partial charge in [0, 0.05) is 0 Å². The van der Waals surface area contributed by atoms with Crippen LogP contribution in [0.3, 0.4) is 0 Å². The van der Waals surface area contributed by atoms with Gasteiger partial charge in [0.15, 0.2) is 29.4 Å². The standard InChI is InChI=1S/C19H21FN6O5S/c20-14-16(27)13(7-30-32(21,28)29)31-19(14)26-9-24-15-17(22-8-23-18(15)26)25-12-6-5-10-3-1-2-4-11(10)12/h1-4,8-9,12-14,16,19,27H,5-7H2,(H2,21,28,29)(H,22,23,25)/t12-,13+,14-,16+,19+/m0/s1. The lowest BCUT2D eigenvalue weighted by Crippen LogP contribution is -2.33. The van der Waals surface area contributed by atoms with Gasteiger partial charge in [-0.3, -0.25) is 8.75 Å². The lowest BCUT2D eigenvalue weighted by atomic mass is 10.1. The minimum absolute atomic E-state index is 0.0627. The van der Waals surface area contributed by atoms with Crippen LogP contribution in [-0.2, 0) is 25.6 Å². The summed E-state index contributed by atoms with van der Waals surface area (Å²) in [6.07, 6.45) is -1.45. The average molecular weight is 464 g/mol. The van der Waals surface area contributed by atoms with E-state index in [9.17, 15) is 17.9 Å². The number of benzene rings is 1. The van der Waals surface area contributed by atoms with Crippen LogP contribution in [0, 0.1) is 0 Å². The van der Waals surface area contributed by atoms with Crippen LogP contribution < -0.4 is 10.5 Å². The predicted octanol–water partition coefficient (Wildman–Crippen LogP) is 0.742. The number of halogens is 1. The number of fused-ring (bicyclic) bond motifs is 2. The van der Waals surface area contributed by atoms with Crippen molar-refractivity contribution in [2.75, 3.05) is 11.9 Å². The molecule has 3 aromatic rings. The zero-order valence-electron chi connectivity index (χ0n) is 16.7. The van der Waals surface area contributed by atoms with E-state index in [1.165, 1.54) is 28.3 Å². The molecule has 0 unspecified atom stereocenters. The summed E-state index contributed by atoms with van der Waals surface area (Å²) < 4.78 is 48.1. The van der Waals surface area contributed by atoms with E-state index in [0.717, 1.165) is 12.8 Å². The third kappa shape index (κ3) is 3.82. The molecule has 3 heterocycles. The zero-order chi connectivity index (χ0) is 22.5. The number of aliphatic hydroxyl groups excluding tert-OH is 1. The number of hydrogen-bond acceptors (Lipinski definition) is 9. The summed E-state index contributed by atoms with van der Waals surface area (Å²) >= 11 is 0. The number of ether oxygens (including phenoxy) is 1. The van der Waals surface area contributed by atoms with Crippen LogP contribution in [0.1, 0.15) is 29.8 Å². The van der Waals surface area contributed by atoms with E-state index >= 15 is 0 Å². The number of hydrogen-bond donors (Lipinski definition) is 3. The van der Waals surface area contributed by atoms with Crippen LogP contribution >= 0.6 is 0 Å². The Kier molecular flexibility index (Phi) is 5.29. The second-order valence-electron chi connectivity index (χ2n) is 7.76. The first-order valence-electron chi connectivity index (χ1n) is 9.98. The van der Waals surface area contributed by atoms with Crippen molar-refractivity contribution in [3.8, 4) is 0 Å². The van der Waals surface area contributed by atoms with Gasteiger partial charge in [-0.05, 0) is 24.0 Å². The van der Waals surface area contributed by atoms with Crippen molar-refractivity contribution >= 4 is 27.3 Å². The molecule has 5 atom stereocenters. The molecule has 0 radical (unpaired) electrons. The molecule has 13 heteroatoms. The molecule has 1 aromatic carbocycles. The highest BCUT2D eigenvalue weighted by molar-refractivity contribution is 7.84. The Labute approximate surface area is 182 Å². The molecular formula is C19H21FN6O5S. The molecule has 4 N–H and O–H groups in total. The Morgan fingerprint density at radius 1 is 1.31 bits per heavy atom. The van der Waals surface area contributed by atoms with E-state index in [2.05, 4.69) is 36.6 Å². The fourth-order valence-electron chi connectivity index (χ4n) is 4.24. The van der Waals surface area contributed by atoms with Gasteiger partial charge in [-0.1, -0.05) is 24.3 Å². The molecular weight excluding hydrogens is 443 g/mol. The summed E-state index contributed by atoms with van der Waals surface area (Å²) in [6.45, 7) is -0.619. The lowest BCUT2D eigenvalue weighted by Gasteiger charge is -2.16. The van der Waals surface area contributed by atoms with Crippen LogP contribution in [0.25, 0.3) is 11.2 Å². The van der Waals surface area contributed by atoms with Gasteiger partial charge in [0.25, 0.3) is 0 Å². The monoisotopic (exact) mass is 464 g/mol. The number of imidazole rings is 1. The Balaban J connectivity index is 1.40. The fraction of sp³-hybridized carbons (Fsp3) is 0.421. The highest BCUT2D eigenvalue weighted by atomic mass is 32.2. The normalized spacial score (nSPS) is 27.7. The smallest absolute Gasteiger partial charge is 0.333 e. The number of rotatable bonds is 6. The van der Waals surface area contributed by atoms with Crippen LogP contribution in [0.4, 0.5) is 10.2 Å². The summed E-state index contributed by atoms with van der Waals surface area (Å²) in [4.78, 5) is 12.8. The first-order chi connectivity index (χ1) is 15.3. The number of nitrogens with zero attached hydrogens (tertiary/aromatic N) is 4. The Hall–Kier alpha value is -2.71. The minimum Gasteiger partial charge on any atom is -0.387 e. The maximum Gasteiger partial charge on any atom is 0.333 e. The van der Waals surface area contributed by atoms with Crippen molar-refractivity contribution in [3.63, 3.8) is 0 Å². The first-order valence-corrected chi connectivity index (χ1v) is 11.5. The number of aryl methyl sites for hydroxylation is 1. The molecule has 0 saturated carbocycles. The van der Waals surface area contributed by atoms with E-state index in [0.29, 0.717) is 17.0 Å². The molecule has 11 nitrogen and oxygen atoms in total. The van der Waals surface area contributed by atoms with Crippen molar-refractivity contribution in [3.05, 3.63) is 48.0 Å². The summed E-state index contributed by atoms with van der Waals surface area (Å²) in [5, 5.41) is 18.3. The summed E-state index contributed by atoms with van der Waals surface area (Å²) in [7, 11) is -4.26. The van der Waals surface area contributed by atoms with Gasteiger partial charge in [0.1, 0.15) is 18.5 Å². The molecule has 1 fully saturated rings. The third-order valence-corrected chi connectivity index (χ3v) is 6.23. The summed E-state index contributed by atoms with van der Waals surface area (Å²) in [5.41, 5.74) is 3.21. The Morgan fingerprint density at radius 3 is 2.94 bits per heavy atom. The largest absolute Gasteiger partial charge is 0.387 e. The van der Waals surface area contributed by atoms with Crippen LogP contribution in [0.5, 0.6) is 0 Å². The van der Waals surface area contributed by atoms with E-state index in [1.807, 2.05) is 12.1 Å². The molecule has 0 spiro atoms. The van der Waals surface area contributed by atoms with Gasteiger partial charge in [-0.2, -0.15) is 8.42 Å². The van der Waals surface area contributed by atoms with E-state index in [4.69, 9.17) is 9.88 Å². The quantitative estimate of drug-likeness (QED) is 0.479. The molecule has 5 rings (SSSR count). The molecule has 1 saturated heterocycles. The van der Waals surface area contributed by atoms with Crippen molar-refractivity contribution < 1.29 is 26.8 Å². The summed E-state index contributed by atoms with van der Waals surface area (Å²) in [5.74, 6) is 0.499. The van der Waals surface area contributed by atoms with Crippen molar-refractivity contribution in [2.45, 2.75) is 43.5 Å².